The lowest BCUT2D eigenvalue weighted by molar-refractivity contribution is -0.110. The molecule has 1 aliphatic heterocycles. The van der Waals surface area contributed by atoms with Gasteiger partial charge >= 0.3 is 0 Å². The van der Waals surface area contributed by atoms with E-state index in [-0.39, 0.29) is 5.91 Å². The second-order valence-electron chi connectivity index (χ2n) is 4.27. The molecule has 0 saturated carbocycles. The summed E-state index contributed by atoms with van der Waals surface area (Å²) in [5.74, 6) is -0.0410. The van der Waals surface area contributed by atoms with Gasteiger partial charge in [-0.25, -0.2) is 0 Å². The maximum Gasteiger partial charge on any atom is 0.256 e. The molecule has 0 spiro atoms. The van der Waals surface area contributed by atoms with Crippen molar-refractivity contribution in [3.05, 3.63) is 48.5 Å². The van der Waals surface area contributed by atoms with Gasteiger partial charge in [0.1, 0.15) is 0 Å². The zero-order chi connectivity index (χ0) is 13.6. The number of hydrogen-bond donors (Lipinski definition) is 1. The van der Waals surface area contributed by atoms with Gasteiger partial charge in [-0.2, -0.15) is 0 Å². The number of carbonyl (C=O) groups excluding carboxylic acids is 1. The van der Waals surface area contributed by atoms with Crippen LogP contribution in [0.1, 0.15) is 16.0 Å². The minimum absolute atomic E-state index is 0.0410. The lowest BCUT2D eigenvalue weighted by Gasteiger charge is -2.05. The van der Waals surface area contributed by atoms with E-state index >= 15 is 0 Å². The molecule has 19 heavy (non-hydrogen) atoms. The molecule has 1 aromatic heterocycles. The summed E-state index contributed by atoms with van der Waals surface area (Å²) in [6, 6.07) is 5.89. The van der Waals surface area contributed by atoms with E-state index in [9.17, 15) is 4.79 Å². The Hall–Kier alpha value is -0.910. The number of amides is 1. The van der Waals surface area contributed by atoms with Crippen LogP contribution in [0.15, 0.2) is 32.5 Å². The number of carbonyl (C=O) groups is 1. The lowest BCUT2D eigenvalue weighted by Crippen LogP contribution is -2.03. The first kappa shape index (κ1) is 13.1. The normalized spacial score (nSPS) is 15.7. The van der Waals surface area contributed by atoms with Crippen LogP contribution in [0.5, 0.6) is 0 Å². The van der Waals surface area contributed by atoms with Crippen LogP contribution in [-0.4, -0.2) is 5.91 Å². The van der Waals surface area contributed by atoms with Crippen molar-refractivity contribution in [2.24, 2.45) is 0 Å². The molecule has 1 amide bonds. The van der Waals surface area contributed by atoms with Crippen molar-refractivity contribution in [2.75, 3.05) is 5.32 Å². The van der Waals surface area contributed by atoms with E-state index in [2.05, 4.69) is 37.2 Å². The van der Waals surface area contributed by atoms with Gasteiger partial charge in [-0.1, -0.05) is 15.9 Å². The van der Waals surface area contributed by atoms with Crippen molar-refractivity contribution in [1.29, 1.82) is 0 Å². The molecule has 2 heterocycles. The summed E-state index contributed by atoms with van der Waals surface area (Å²) < 4.78 is 2.05. The van der Waals surface area contributed by atoms with Gasteiger partial charge in [-0.15, -0.1) is 11.3 Å². The minimum Gasteiger partial charge on any atom is -0.321 e. The molecule has 2 aromatic rings. The summed E-state index contributed by atoms with van der Waals surface area (Å²) in [4.78, 5) is 13.2. The molecule has 0 unspecified atom stereocenters. The number of halogens is 2. The molecule has 1 aliphatic rings. The Bertz CT molecular complexity index is 718. The number of nitrogens with one attached hydrogen (secondary N) is 1. The van der Waals surface area contributed by atoms with Crippen LogP contribution in [0.25, 0.3) is 11.6 Å². The Kier molecular flexibility index (Phi) is 3.37. The molecule has 0 fully saturated rings. The average molecular weight is 399 g/mol. The Balaban J connectivity index is 2.17. The van der Waals surface area contributed by atoms with Gasteiger partial charge in [-0.05, 0) is 52.7 Å². The Morgan fingerprint density at radius 1 is 1.32 bits per heavy atom. The third-order valence-corrected chi connectivity index (χ3v) is 5.54. The lowest BCUT2D eigenvalue weighted by atomic mass is 10.0. The van der Waals surface area contributed by atoms with Crippen LogP contribution in [-0.2, 0) is 4.79 Å². The van der Waals surface area contributed by atoms with Gasteiger partial charge < -0.3 is 5.32 Å². The van der Waals surface area contributed by atoms with Gasteiger partial charge in [0.05, 0.1) is 5.57 Å². The molecule has 0 atom stereocenters. The number of anilines is 1. The van der Waals surface area contributed by atoms with Crippen molar-refractivity contribution in [1.82, 2.24) is 0 Å². The number of thiophene rings is 1. The maximum atomic E-state index is 12.1. The van der Waals surface area contributed by atoms with E-state index in [0.29, 0.717) is 0 Å². The predicted octanol–water partition coefficient (Wildman–Crippen LogP) is 5.07. The minimum atomic E-state index is -0.0410. The highest BCUT2D eigenvalue weighted by atomic mass is 79.9. The molecule has 3 rings (SSSR count). The second kappa shape index (κ2) is 4.89. The average Bonchev–Trinajstić information content (AvgIpc) is 2.90. The van der Waals surface area contributed by atoms with Crippen molar-refractivity contribution in [3.8, 4) is 0 Å². The molecule has 2 nitrogen and oxygen atoms in total. The van der Waals surface area contributed by atoms with E-state index in [0.717, 1.165) is 36.2 Å². The third kappa shape index (κ3) is 2.30. The summed E-state index contributed by atoms with van der Waals surface area (Å²) in [6.07, 6.45) is 1.94. The van der Waals surface area contributed by atoms with Crippen molar-refractivity contribution >= 4 is 66.4 Å². The largest absolute Gasteiger partial charge is 0.321 e. The smallest absolute Gasteiger partial charge is 0.256 e. The molecule has 5 heteroatoms. The summed E-state index contributed by atoms with van der Waals surface area (Å²) in [7, 11) is 0. The van der Waals surface area contributed by atoms with E-state index in [1.54, 1.807) is 11.3 Å². The fourth-order valence-corrected chi connectivity index (χ4v) is 3.83. The topological polar surface area (TPSA) is 29.1 Å². The molecular weight excluding hydrogens is 390 g/mol. The molecule has 0 saturated heterocycles. The molecule has 0 radical (unpaired) electrons. The van der Waals surface area contributed by atoms with E-state index in [4.69, 9.17) is 0 Å². The Morgan fingerprint density at radius 3 is 2.79 bits per heavy atom. The monoisotopic (exact) mass is 397 g/mol. The number of rotatable bonds is 1. The molecular formula is C14H9Br2NOS. The molecule has 0 aliphatic carbocycles. The van der Waals surface area contributed by atoms with Gasteiger partial charge in [0.15, 0.2) is 0 Å². The maximum absolute atomic E-state index is 12.1. The molecule has 96 valence electrons. The van der Waals surface area contributed by atoms with Crippen LogP contribution in [0.2, 0.25) is 0 Å². The highest BCUT2D eigenvalue weighted by molar-refractivity contribution is 9.10. The summed E-state index contributed by atoms with van der Waals surface area (Å²) >= 11 is 8.55. The first-order chi connectivity index (χ1) is 9.06. The fraction of sp³-hybridized carbons (Fsp3) is 0.0714. The van der Waals surface area contributed by atoms with Gasteiger partial charge in [0.25, 0.3) is 5.91 Å². The molecule has 1 aromatic carbocycles. The Morgan fingerprint density at radius 2 is 2.11 bits per heavy atom. The number of benzene rings is 1. The number of fused-ring (bicyclic) bond motifs is 1. The highest BCUT2D eigenvalue weighted by Crippen LogP contribution is 2.39. The van der Waals surface area contributed by atoms with E-state index in [1.165, 1.54) is 0 Å². The standard InChI is InChI=1S/C14H9Br2NOS/c1-7-11(16)2-3-12-13(7)10(14(18)17-12)5-9-4-8(15)6-19-9/h2-6H,1H3,(H,17,18). The van der Waals surface area contributed by atoms with Crippen molar-refractivity contribution < 1.29 is 4.79 Å². The van der Waals surface area contributed by atoms with Crippen molar-refractivity contribution in [3.63, 3.8) is 0 Å². The highest BCUT2D eigenvalue weighted by Gasteiger charge is 2.26. The van der Waals surface area contributed by atoms with Gasteiger partial charge in [0.2, 0.25) is 0 Å². The number of hydrogen-bond acceptors (Lipinski definition) is 2. The SMILES string of the molecule is Cc1c(Br)ccc2c1C(=Cc1cc(Br)cs1)C(=O)N2. The second-order valence-corrected chi connectivity index (χ2v) is 6.99. The zero-order valence-corrected chi connectivity index (χ0v) is 13.9. The molecule has 0 bridgehead atoms. The first-order valence-corrected chi connectivity index (χ1v) is 8.09. The van der Waals surface area contributed by atoms with Crippen LogP contribution >= 0.6 is 43.2 Å². The quantitative estimate of drug-likeness (QED) is 0.667. The van der Waals surface area contributed by atoms with Gasteiger partial charge in [-0.3, -0.25) is 4.79 Å². The summed E-state index contributed by atoms with van der Waals surface area (Å²) in [6.45, 7) is 2.02. The predicted molar refractivity (Wildman–Crippen MR) is 87.4 cm³/mol. The van der Waals surface area contributed by atoms with Gasteiger partial charge in [0, 0.05) is 30.5 Å². The Labute approximate surface area is 131 Å². The van der Waals surface area contributed by atoms with Crippen LogP contribution in [0, 0.1) is 6.92 Å². The first-order valence-electron chi connectivity index (χ1n) is 5.63. The molecule has 1 N–H and O–H groups in total. The summed E-state index contributed by atoms with van der Waals surface area (Å²) in [5, 5.41) is 4.92. The summed E-state index contributed by atoms with van der Waals surface area (Å²) in [5.41, 5.74) is 3.68. The van der Waals surface area contributed by atoms with Crippen LogP contribution < -0.4 is 5.32 Å². The van der Waals surface area contributed by atoms with Crippen LogP contribution in [0.3, 0.4) is 0 Å². The fourth-order valence-electron chi connectivity index (χ4n) is 2.12. The van der Waals surface area contributed by atoms with Crippen molar-refractivity contribution in [2.45, 2.75) is 6.92 Å². The zero-order valence-electron chi connectivity index (χ0n) is 9.96. The third-order valence-electron chi connectivity index (χ3n) is 3.04. The van der Waals surface area contributed by atoms with E-state index < -0.39 is 0 Å². The van der Waals surface area contributed by atoms with E-state index in [1.807, 2.05) is 36.6 Å². The van der Waals surface area contributed by atoms with Crippen LogP contribution in [0.4, 0.5) is 5.69 Å².